The van der Waals surface area contributed by atoms with Crippen molar-refractivity contribution < 1.29 is 9.84 Å². The van der Waals surface area contributed by atoms with Crippen molar-refractivity contribution in [1.29, 1.82) is 0 Å². The highest BCUT2D eigenvalue weighted by Gasteiger charge is 2.39. The van der Waals surface area contributed by atoms with Gasteiger partial charge in [-0.25, -0.2) is 0 Å². The minimum absolute atomic E-state index is 0.134. The van der Waals surface area contributed by atoms with Gasteiger partial charge in [-0.1, -0.05) is 13.3 Å². The average molecular weight is 201 g/mol. The Morgan fingerprint density at radius 3 is 2.79 bits per heavy atom. The van der Waals surface area contributed by atoms with Crippen LogP contribution in [0.5, 0.6) is 0 Å². The van der Waals surface area contributed by atoms with Crippen molar-refractivity contribution in [2.75, 3.05) is 19.8 Å². The second-order valence-corrected chi connectivity index (χ2v) is 4.64. The van der Waals surface area contributed by atoms with Crippen LogP contribution >= 0.6 is 0 Å². The van der Waals surface area contributed by atoms with E-state index in [1.807, 2.05) is 0 Å². The maximum atomic E-state index is 8.85. The minimum atomic E-state index is 0.134. The summed E-state index contributed by atoms with van der Waals surface area (Å²) in [5.74, 6) is 0. The zero-order valence-corrected chi connectivity index (χ0v) is 9.62. The summed E-state index contributed by atoms with van der Waals surface area (Å²) in [6, 6.07) is 0. The highest BCUT2D eigenvalue weighted by molar-refractivity contribution is 4.88. The van der Waals surface area contributed by atoms with Gasteiger partial charge in [0.2, 0.25) is 0 Å². The lowest BCUT2D eigenvalue weighted by Crippen LogP contribution is -2.44. The molecule has 14 heavy (non-hydrogen) atoms. The van der Waals surface area contributed by atoms with Crippen molar-refractivity contribution >= 4 is 0 Å². The fourth-order valence-corrected chi connectivity index (χ4v) is 2.04. The standard InChI is InChI=1S/C11H23NO2/c1-4-6-10-12(7-5-8-13)11(2,3)9-14-10/h10,13H,4-9H2,1-3H3. The third-order valence-corrected chi connectivity index (χ3v) is 2.85. The van der Waals surface area contributed by atoms with E-state index in [9.17, 15) is 0 Å². The smallest absolute Gasteiger partial charge is 0.111 e. The molecular weight excluding hydrogens is 178 g/mol. The van der Waals surface area contributed by atoms with Crippen molar-refractivity contribution in [2.24, 2.45) is 0 Å². The highest BCUT2D eigenvalue weighted by Crippen LogP contribution is 2.29. The summed E-state index contributed by atoms with van der Waals surface area (Å²) in [6.45, 7) is 8.61. The molecule has 3 nitrogen and oxygen atoms in total. The lowest BCUT2D eigenvalue weighted by Gasteiger charge is -2.33. The van der Waals surface area contributed by atoms with Crippen molar-refractivity contribution in [1.82, 2.24) is 4.90 Å². The molecular formula is C11H23NO2. The second-order valence-electron chi connectivity index (χ2n) is 4.64. The number of aliphatic hydroxyl groups is 1. The van der Waals surface area contributed by atoms with Gasteiger partial charge in [0.05, 0.1) is 6.61 Å². The maximum Gasteiger partial charge on any atom is 0.111 e. The maximum absolute atomic E-state index is 8.85. The van der Waals surface area contributed by atoms with Crippen LogP contribution in [-0.4, -0.2) is 41.5 Å². The van der Waals surface area contributed by atoms with Crippen molar-refractivity contribution in [3.8, 4) is 0 Å². The lowest BCUT2D eigenvalue weighted by molar-refractivity contribution is 0.0151. The molecule has 0 radical (unpaired) electrons. The Hall–Kier alpha value is -0.120. The van der Waals surface area contributed by atoms with E-state index < -0.39 is 0 Å². The molecule has 1 aliphatic rings. The molecule has 1 N–H and O–H groups in total. The monoisotopic (exact) mass is 201 g/mol. The molecule has 0 spiro atoms. The summed E-state index contributed by atoms with van der Waals surface area (Å²) in [5.41, 5.74) is 0.134. The molecule has 1 rings (SSSR count). The van der Waals surface area contributed by atoms with Crippen LogP contribution in [0.2, 0.25) is 0 Å². The van der Waals surface area contributed by atoms with Gasteiger partial charge in [0.25, 0.3) is 0 Å². The van der Waals surface area contributed by atoms with Gasteiger partial charge in [-0.15, -0.1) is 0 Å². The van der Waals surface area contributed by atoms with Crippen molar-refractivity contribution in [3.05, 3.63) is 0 Å². The van der Waals surface area contributed by atoms with Crippen LogP contribution in [0.4, 0.5) is 0 Å². The van der Waals surface area contributed by atoms with Gasteiger partial charge >= 0.3 is 0 Å². The van der Waals surface area contributed by atoms with E-state index >= 15 is 0 Å². The first kappa shape index (κ1) is 12.0. The fraction of sp³-hybridized carbons (Fsp3) is 1.00. The normalized spacial score (nSPS) is 27.0. The molecule has 0 amide bonds. The first-order valence-corrected chi connectivity index (χ1v) is 5.61. The van der Waals surface area contributed by atoms with Gasteiger partial charge < -0.3 is 9.84 Å². The summed E-state index contributed by atoms with van der Waals surface area (Å²) in [7, 11) is 0. The summed E-state index contributed by atoms with van der Waals surface area (Å²) in [4.78, 5) is 2.38. The van der Waals surface area contributed by atoms with E-state index in [4.69, 9.17) is 9.84 Å². The van der Waals surface area contributed by atoms with Crippen molar-refractivity contribution in [2.45, 2.75) is 51.8 Å². The molecule has 0 aromatic carbocycles. The van der Waals surface area contributed by atoms with Crippen LogP contribution < -0.4 is 0 Å². The van der Waals surface area contributed by atoms with E-state index in [0.29, 0.717) is 0 Å². The summed E-state index contributed by atoms with van der Waals surface area (Å²) < 4.78 is 5.76. The summed E-state index contributed by atoms with van der Waals surface area (Å²) in [5, 5.41) is 8.85. The van der Waals surface area contributed by atoms with Crippen LogP contribution in [0.25, 0.3) is 0 Å². The Bertz CT molecular complexity index is 171. The third-order valence-electron chi connectivity index (χ3n) is 2.85. The molecule has 1 aliphatic heterocycles. The number of rotatable bonds is 5. The third kappa shape index (κ3) is 2.69. The summed E-state index contributed by atoms with van der Waals surface area (Å²) in [6.07, 6.45) is 3.35. The van der Waals surface area contributed by atoms with Crippen LogP contribution in [0.1, 0.15) is 40.0 Å². The molecule has 3 heteroatoms. The largest absolute Gasteiger partial charge is 0.396 e. The molecule has 0 aromatic rings. The molecule has 1 fully saturated rings. The Labute approximate surface area is 87.1 Å². The molecule has 1 saturated heterocycles. The predicted octanol–water partition coefficient (Wildman–Crippen LogP) is 1.61. The van der Waals surface area contributed by atoms with Crippen molar-refractivity contribution in [3.63, 3.8) is 0 Å². The molecule has 0 saturated carbocycles. The molecule has 1 heterocycles. The van der Waals surface area contributed by atoms with Crippen LogP contribution in [0.15, 0.2) is 0 Å². The Morgan fingerprint density at radius 2 is 2.21 bits per heavy atom. The Kier molecular flexibility index (Phi) is 4.35. The first-order chi connectivity index (χ1) is 6.61. The average Bonchev–Trinajstić information content (AvgIpc) is 2.40. The van der Waals surface area contributed by atoms with Crippen LogP contribution in [-0.2, 0) is 4.74 Å². The number of nitrogens with zero attached hydrogens (tertiary/aromatic N) is 1. The minimum Gasteiger partial charge on any atom is -0.396 e. The second kappa shape index (κ2) is 5.10. The quantitative estimate of drug-likeness (QED) is 0.733. The molecule has 1 atom stereocenters. The Balaban J connectivity index is 2.52. The van der Waals surface area contributed by atoms with E-state index in [1.54, 1.807) is 0 Å². The molecule has 0 aromatic heterocycles. The lowest BCUT2D eigenvalue weighted by atomic mass is 10.0. The first-order valence-electron chi connectivity index (χ1n) is 5.61. The van der Waals surface area contributed by atoms with E-state index in [2.05, 4.69) is 25.7 Å². The number of aliphatic hydroxyl groups excluding tert-OH is 1. The van der Waals surface area contributed by atoms with Gasteiger partial charge in [-0.05, 0) is 26.7 Å². The number of ether oxygens (including phenoxy) is 1. The number of hydrogen-bond donors (Lipinski definition) is 1. The van der Waals surface area contributed by atoms with Gasteiger partial charge in [0, 0.05) is 18.7 Å². The van der Waals surface area contributed by atoms with E-state index in [1.165, 1.54) is 0 Å². The molecule has 84 valence electrons. The van der Waals surface area contributed by atoms with Crippen LogP contribution in [0, 0.1) is 0 Å². The van der Waals surface area contributed by atoms with Gasteiger partial charge in [-0.3, -0.25) is 4.90 Å². The van der Waals surface area contributed by atoms with Crippen LogP contribution in [0.3, 0.4) is 0 Å². The van der Waals surface area contributed by atoms with E-state index in [0.717, 1.165) is 32.4 Å². The predicted molar refractivity (Wildman–Crippen MR) is 57.1 cm³/mol. The van der Waals surface area contributed by atoms with Gasteiger partial charge in [-0.2, -0.15) is 0 Å². The fourth-order valence-electron chi connectivity index (χ4n) is 2.04. The SMILES string of the molecule is CCCC1OCC(C)(C)N1CCCO. The summed E-state index contributed by atoms with van der Waals surface area (Å²) >= 11 is 0. The van der Waals surface area contributed by atoms with E-state index in [-0.39, 0.29) is 18.4 Å². The molecule has 0 bridgehead atoms. The zero-order valence-electron chi connectivity index (χ0n) is 9.62. The number of hydrogen-bond acceptors (Lipinski definition) is 3. The highest BCUT2D eigenvalue weighted by atomic mass is 16.5. The topological polar surface area (TPSA) is 32.7 Å². The van der Waals surface area contributed by atoms with Gasteiger partial charge in [0.1, 0.15) is 6.23 Å². The zero-order chi connectivity index (χ0) is 10.6. The molecule has 1 unspecified atom stereocenters. The van der Waals surface area contributed by atoms with Gasteiger partial charge in [0.15, 0.2) is 0 Å². The molecule has 0 aliphatic carbocycles. The Morgan fingerprint density at radius 1 is 1.50 bits per heavy atom.